The van der Waals surface area contributed by atoms with E-state index < -0.39 is 10.9 Å². The third-order valence-electron chi connectivity index (χ3n) is 4.71. The SMILES string of the molecule is O=C(O)c1cnc(NCCNc2ccc([N+](=O)[O-])cn2)nc1-c1ccc2ccccc2c1. The molecule has 10 heteroatoms. The standard InChI is InChI=1S/C22H18N6O4/c29-21(30)18-13-26-22(24-10-9-23-19-8-7-17(12-25-19)28(31)32)27-20(18)16-6-5-14-3-1-2-4-15(14)11-16/h1-8,11-13H,9-10H2,(H,23,25)(H,29,30)(H,24,26,27). The summed E-state index contributed by atoms with van der Waals surface area (Å²) in [4.78, 5) is 34.4. The quantitative estimate of drug-likeness (QED) is 0.216. The van der Waals surface area contributed by atoms with Crippen molar-refractivity contribution < 1.29 is 14.8 Å². The van der Waals surface area contributed by atoms with Crippen molar-refractivity contribution in [3.8, 4) is 11.3 Å². The van der Waals surface area contributed by atoms with Crippen molar-refractivity contribution in [2.45, 2.75) is 0 Å². The lowest BCUT2D eigenvalue weighted by atomic mass is 10.0. The van der Waals surface area contributed by atoms with Gasteiger partial charge in [0, 0.05) is 30.9 Å². The molecule has 3 N–H and O–H groups in total. The van der Waals surface area contributed by atoms with E-state index in [0.717, 1.165) is 10.8 Å². The van der Waals surface area contributed by atoms with Crippen LogP contribution in [0, 0.1) is 10.1 Å². The van der Waals surface area contributed by atoms with Crippen LogP contribution >= 0.6 is 0 Å². The van der Waals surface area contributed by atoms with Gasteiger partial charge in [0.2, 0.25) is 5.95 Å². The van der Waals surface area contributed by atoms with Gasteiger partial charge in [-0.2, -0.15) is 0 Å². The highest BCUT2D eigenvalue weighted by Crippen LogP contribution is 2.26. The molecule has 32 heavy (non-hydrogen) atoms. The molecule has 2 aromatic carbocycles. The first-order chi connectivity index (χ1) is 15.5. The number of carbonyl (C=O) groups is 1. The van der Waals surface area contributed by atoms with Gasteiger partial charge in [0.15, 0.2) is 0 Å². The summed E-state index contributed by atoms with van der Waals surface area (Å²) in [5.41, 5.74) is 0.936. The Labute approximate surface area is 182 Å². The molecule has 0 amide bonds. The lowest BCUT2D eigenvalue weighted by molar-refractivity contribution is -0.385. The van der Waals surface area contributed by atoms with Gasteiger partial charge >= 0.3 is 5.97 Å². The summed E-state index contributed by atoms with van der Waals surface area (Å²) < 4.78 is 0. The molecule has 0 fully saturated rings. The Morgan fingerprint density at radius 3 is 2.47 bits per heavy atom. The van der Waals surface area contributed by atoms with Crippen LogP contribution in [0.4, 0.5) is 17.5 Å². The smallest absolute Gasteiger partial charge is 0.339 e. The molecule has 10 nitrogen and oxygen atoms in total. The van der Waals surface area contributed by atoms with Crippen LogP contribution in [-0.4, -0.2) is 44.0 Å². The molecule has 2 heterocycles. The fraction of sp³-hybridized carbons (Fsp3) is 0.0909. The van der Waals surface area contributed by atoms with Crippen LogP contribution < -0.4 is 10.6 Å². The maximum Gasteiger partial charge on any atom is 0.339 e. The van der Waals surface area contributed by atoms with Crippen molar-refractivity contribution in [3.63, 3.8) is 0 Å². The van der Waals surface area contributed by atoms with Crippen LogP contribution in [0.3, 0.4) is 0 Å². The van der Waals surface area contributed by atoms with Crippen LogP contribution in [0.5, 0.6) is 0 Å². The lowest BCUT2D eigenvalue weighted by Gasteiger charge is -2.11. The number of pyridine rings is 1. The molecule has 0 saturated carbocycles. The van der Waals surface area contributed by atoms with Crippen LogP contribution in [0.2, 0.25) is 0 Å². The second-order valence-corrected chi connectivity index (χ2v) is 6.84. The molecule has 2 aromatic heterocycles. The Hall–Kier alpha value is -4.60. The molecule has 0 unspecified atom stereocenters. The number of benzene rings is 2. The highest BCUT2D eigenvalue weighted by molar-refractivity contribution is 5.96. The Bertz CT molecular complexity index is 1290. The van der Waals surface area contributed by atoms with E-state index in [4.69, 9.17) is 0 Å². The molecule has 4 aromatic rings. The minimum atomic E-state index is -1.11. The van der Waals surface area contributed by atoms with Crippen LogP contribution in [0.15, 0.2) is 67.0 Å². The molecule has 0 radical (unpaired) electrons. The van der Waals surface area contributed by atoms with Gasteiger partial charge in [-0.25, -0.2) is 19.7 Å². The largest absolute Gasteiger partial charge is 0.478 e. The van der Waals surface area contributed by atoms with Crippen LogP contribution in [0.1, 0.15) is 10.4 Å². The maximum atomic E-state index is 11.7. The van der Waals surface area contributed by atoms with Gasteiger partial charge in [0.1, 0.15) is 17.6 Å². The third-order valence-corrected chi connectivity index (χ3v) is 4.71. The second-order valence-electron chi connectivity index (χ2n) is 6.84. The number of hydrogen-bond donors (Lipinski definition) is 3. The predicted molar refractivity (Wildman–Crippen MR) is 120 cm³/mol. The third kappa shape index (κ3) is 4.59. The van der Waals surface area contributed by atoms with Crippen LogP contribution in [0.25, 0.3) is 22.0 Å². The van der Waals surface area contributed by atoms with Gasteiger partial charge in [-0.3, -0.25) is 10.1 Å². The highest BCUT2D eigenvalue weighted by atomic mass is 16.6. The number of anilines is 2. The number of hydrogen-bond acceptors (Lipinski definition) is 8. The van der Waals surface area contributed by atoms with Gasteiger partial charge in [-0.15, -0.1) is 0 Å². The summed E-state index contributed by atoms with van der Waals surface area (Å²) in [7, 11) is 0. The Morgan fingerprint density at radius 1 is 0.969 bits per heavy atom. The molecule has 0 aliphatic rings. The molecule has 0 atom stereocenters. The van der Waals surface area contributed by atoms with Gasteiger partial charge < -0.3 is 15.7 Å². The number of fused-ring (bicyclic) bond motifs is 1. The van der Waals surface area contributed by atoms with Gasteiger partial charge in [0.25, 0.3) is 5.69 Å². The fourth-order valence-electron chi connectivity index (χ4n) is 3.14. The minimum absolute atomic E-state index is 0.0130. The van der Waals surface area contributed by atoms with Crippen molar-refractivity contribution in [1.29, 1.82) is 0 Å². The molecule has 0 aliphatic carbocycles. The normalized spacial score (nSPS) is 10.6. The highest BCUT2D eigenvalue weighted by Gasteiger charge is 2.16. The van der Waals surface area contributed by atoms with Gasteiger partial charge in [-0.1, -0.05) is 36.4 Å². The summed E-state index contributed by atoms with van der Waals surface area (Å²) in [5.74, 6) is -0.321. The molecule has 0 aliphatic heterocycles. The number of nitrogens with zero attached hydrogens (tertiary/aromatic N) is 4. The number of aromatic carboxylic acids is 1. The molecular formula is C22H18N6O4. The number of carboxylic acids is 1. The number of nitrogens with one attached hydrogen (secondary N) is 2. The number of nitro groups is 1. The first-order valence-corrected chi connectivity index (χ1v) is 9.69. The average Bonchev–Trinajstić information content (AvgIpc) is 2.81. The molecule has 4 rings (SSSR count). The number of aromatic nitrogens is 3. The number of rotatable bonds is 8. The fourth-order valence-corrected chi connectivity index (χ4v) is 3.14. The maximum absolute atomic E-state index is 11.7. The zero-order chi connectivity index (χ0) is 22.5. The second kappa shape index (κ2) is 9.04. The van der Waals surface area contributed by atoms with Crippen molar-refractivity contribution >= 4 is 34.2 Å². The Balaban J connectivity index is 1.47. The van der Waals surface area contributed by atoms with E-state index in [1.54, 1.807) is 0 Å². The monoisotopic (exact) mass is 430 g/mol. The average molecular weight is 430 g/mol. The molecule has 0 bridgehead atoms. The summed E-state index contributed by atoms with van der Waals surface area (Å²) in [5, 5.41) is 28.3. The lowest BCUT2D eigenvalue weighted by Crippen LogP contribution is -2.16. The van der Waals surface area contributed by atoms with E-state index in [0.29, 0.717) is 30.2 Å². The van der Waals surface area contributed by atoms with E-state index in [1.807, 2.05) is 42.5 Å². The van der Waals surface area contributed by atoms with Crippen molar-refractivity contribution in [1.82, 2.24) is 15.0 Å². The minimum Gasteiger partial charge on any atom is -0.478 e. The summed E-state index contributed by atoms with van der Waals surface area (Å²) >= 11 is 0. The number of carboxylic acid groups (broad SMARTS) is 1. The summed E-state index contributed by atoms with van der Waals surface area (Å²) in [6.07, 6.45) is 2.47. The first kappa shape index (κ1) is 20.7. The molecule has 0 spiro atoms. The van der Waals surface area contributed by atoms with Gasteiger partial charge in [-0.05, 0) is 22.9 Å². The van der Waals surface area contributed by atoms with E-state index in [-0.39, 0.29) is 17.2 Å². The zero-order valence-electron chi connectivity index (χ0n) is 16.7. The van der Waals surface area contributed by atoms with Crippen LogP contribution in [-0.2, 0) is 0 Å². The topological polar surface area (TPSA) is 143 Å². The van der Waals surface area contributed by atoms with E-state index in [1.165, 1.54) is 24.5 Å². The van der Waals surface area contributed by atoms with E-state index in [9.17, 15) is 20.0 Å². The zero-order valence-corrected chi connectivity index (χ0v) is 16.7. The summed E-state index contributed by atoms with van der Waals surface area (Å²) in [6, 6.07) is 16.3. The Kier molecular flexibility index (Phi) is 5.84. The van der Waals surface area contributed by atoms with Crippen molar-refractivity contribution in [2.75, 3.05) is 23.7 Å². The van der Waals surface area contributed by atoms with E-state index >= 15 is 0 Å². The van der Waals surface area contributed by atoms with Crippen molar-refractivity contribution in [3.05, 3.63) is 82.7 Å². The predicted octanol–water partition coefficient (Wildman–Crippen LogP) is 3.82. The van der Waals surface area contributed by atoms with E-state index in [2.05, 4.69) is 25.6 Å². The summed E-state index contributed by atoms with van der Waals surface area (Å²) in [6.45, 7) is 0.863. The molecule has 0 saturated heterocycles. The Morgan fingerprint density at radius 2 is 1.75 bits per heavy atom. The molecular weight excluding hydrogens is 412 g/mol. The first-order valence-electron chi connectivity index (χ1n) is 9.69. The van der Waals surface area contributed by atoms with Gasteiger partial charge in [0.05, 0.1) is 10.6 Å². The van der Waals surface area contributed by atoms with Crippen molar-refractivity contribution in [2.24, 2.45) is 0 Å². The molecule has 160 valence electrons.